The molecule has 0 N–H and O–H groups in total. The molecule has 2 aliphatic carbocycles. The van der Waals surface area contributed by atoms with E-state index >= 15 is 0 Å². The van der Waals surface area contributed by atoms with Crippen molar-refractivity contribution < 1.29 is 0 Å². The molecule has 2 heteroatoms. The number of aromatic nitrogens is 2. The van der Waals surface area contributed by atoms with E-state index in [1.807, 2.05) is 12.2 Å². The van der Waals surface area contributed by atoms with Gasteiger partial charge in [0.1, 0.15) is 0 Å². The fourth-order valence-corrected chi connectivity index (χ4v) is 5.69. The topological polar surface area (TPSA) is 9.86 Å². The van der Waals surface area contributed by atoms with Gasteiger partial charge in [0.05, 0.1) is 0 Å². The zero-order valence-electron chi connectivity index (χ0n) is 17.7. The summed E-state index contributed by atoms with van der Waals surface area (Å²) in [7, 11) is 2.17. The fourth-order valence-electron chi connectivity index (χ4n) is 5.69. The maximum Gasteiger partial charge on any atom is 0.0491 e. The summed E-state index contributed by atoms with van der Waals surface area (Å²) in [4.78, 5) is 0. The summed E-state index contributed by atoms with van der Waals surface area (Å²) in [5.41, 5.74) is 10.3. The van der Waals surface area contributed by atoms with Gasteiger partial charge in [-0.1, -0.05) is 50.1 Å². The van der Waals surface area contributed by atoms with Gasteiger partial charge in [0, 0.05) is 57.3 Å². The van der Waals surface area contributed by atoms with Gasteiger partial charge in [-0.25, -0.2) is 0 Å². The van der Waals surface area contributed by atoms with E-state index in [1.165, 1.54) is 50.4 Å². The van der Waals surface area contributed by atoms with Crippen molar-refractivity contribution in [1.29, 1.82) is 0 Å². The fraction of sp³-hybridized carbons (Fsp3) is 0.259. The van der Waals surface area contributed by atoms with Crippen LogP contribution in [0.25, 0.3) is 30.5 Å². The number of rotatable bonds is 3. The number of nitrogens with zero attached hydrogens (tertiary/aromatic N) is 2. The van der Waals surface area contributed by atoms with Crippen molar-refractivity contribution in [3.8, 4) is 0 Å². The van der Waals surface area contributed by atoms with E-state index in [-0.39, 0.29) is 5.41 Å². The van der Waals surface area contributed by atoms with Crippen molar-refractivity contribution in [2.45, 2.75) is 38.5 Å². The van der Waals surface area contributed by atoms with Gasteiger partial charge in [-0.3, -0.25) is 0 Å². The molecule has 2 nitrogen and oxygen atoms in total. The highest BCUT2D eigenvalue weighted by atomic mass is 15.1. The maximum absolute atomic E-state index is 4.43. The van der Waals surface area contributed by atoms with Crippen LogP contribution in [0, 0.1) is 6.92 Å². The van der Waals surface area contributed by atoms with Gasteiger partial charge in [-0.05, 0) is 56.1 Å². The van der Waals surface area contributed by atoms with E-state index < -0.39 is 0 Å². The highest BCUT2D eigenvalue weighted by Crippen LogP contribution is 2.52. The van der Waals surface area contributed by atoms with Crippen LogP contribution >= 0.6 is 0 Å². The second kappa shape index (κ2) is 6.00. The molecule has 0 saturated heterocycles. The minimum atomic E-state index is -0.0459. The lowest BCUT2D eigenvalue weighted by molar-refractivity contribution is 0.570. The van der Waals surface area contributed by atoms with Gasteiger partial charge in [0.25, 0.3) is 0 Å². The second-order valence-electron chi connectivity index (χ2n) is 8.61. The third-order valence-electron chi connectivity index (χ3n) is 7.16. The number of hydrogen-bond acceptors (Lipinski definition) is 0. The van der Waals surface area contributed by atoms with Gasteiger partial charge < -0.3 is 9.13 Å². The molecule has 1 unspecified atom stereocenters. The Morgan fingerprint density at radius 1 is 1.10 bits per heavy atom. The molecule has 5 rings (SSSR count). The van der Waals surface area contributed by atoms with E-state index in [9.17, 15) is 0 Å². The molecular weight excluding hydrogens is 352 g/mol. The highest BCUT2D eigenvalue weighted by Gasteiger charge is 2.44. The van der Waals surface area contributed by atoms with Crippen LogP contribution < -0.4 is 10.6 Å². The molecule has 2 aromatic rings. The monoisotopic (exact) mass is 380 g/mol. The Balaban J connectivity index is 1.85. The van der Waals surface area contributed by atoms with Gasteiger partial charge in [0.2, 0.25) is 0 Å². The van der Waals surface area contributed by atoms with Crippen LogP contribution in [-0.4, -0.2) is 9.13 Å². The largest absolute Gasteiger partial charge is 0.347 e. The number of allylic oxidation sites excluding steroid dienone is 6. The SMILES string of the molecule is C=CC1=C(C=C)C2(C)CC=Cc3c(/C=c4\c(=C)c5c(n4C)CCC=C5)c(C)n1c32. The van der Waals surface area contributed by atoms with E-state index in [0.717, 1.165) is 24.5 Å². The molecule has 2 aromatic heterocycles. The average Bonchev–Trinajstić information content (AvgIpc) is 3.26. The minimum absolute atomic E-state index is 0.0459. The van der Waals surface area contributed by atoms with Crippen LogP contribution in [0.3, 0.4) is 0 Å². The van der Waals surface area contributed by atoms with E-state index in [4.69, 9.17) is 0 Å². The van der Waals surface area contributed by atoms with Crippen molar-refractivity contribution >= 4 is 30.5 Å². The summed E-state index contributed by atoms with van der Waals surface area (Å²) < 4.78 is 4.74. The minimum Gasteiger partial charge on any atom is -0.347 e. The normalized spacial score (nSPS) is 22.2. The Bertz CT molecular complexity index is 1300. The second-order valence-corrected chi connectivity index (χ2v) is 8.61. The van der Waals surface area contributed by atoms with Crippen LogP contribution in [0.4, 0.5) is 0 Å². The molecule has 0 radical (unpaired) electrons. The van der Waals surface area contributed by atoms with Gasteiger partial charge >= 0.3 is 0 Å². The van der Waals surface area contributed by atoms with Crippen LogP contribution in [-0.2, 0) is 18.9 Å². The predicted octanol–water partition coefficient (Wildman–Crippen LogP) is 4.60. The molecular formula is C27H28N2. The molecule has 0 spiro atoms. The molecule has 3 heterocycles. The van der Waals surface area contributed by atoms with Crippen LogP contribution in [0.1, 0.15) is 53.5 Å². The van der Waals surface area contributed by atoms with E-state index in [2.05, 4.69) is 80.1 Å². The zero-order chi connectivity index (χ0) is 20.5. The Morgan fingerprint density at radius 2 is 1.86 bits per heavy atom. The summed E-state index contributed by atoms with van der Waals surface area (Å²) >= 11 is 0. The number of fused-ring (bicyclic) bond motifs is 1. The predicted molar refractivity (Wildman–Crippen MR) is 125 cm³/mol. The average molecular weight is 381 g/mol. The summed E-state index contributed by atoms with van der Waals surface area (Å²) in [5.74, 6) is 0. The van der Waals surface area contributed by atoms with Crippen LogP contribution in [0.15, 0.2) is 43.0 Å². The Kier molecular flexibility index (Phi) is 3.73. The molecule has 0 saturated carbocycles. The summed E-state index contributed by atoms with van der Waals surface area (Å²) in [6.45, 7) is 17.2. The van der Waals surface area contributed by atoms with Crippen LogP contribution in [0.5, 0.6) is 0 Å². The summed E-state index contributed by atoms with van der Waals surface area (Å²) in [6, 6.07) is 0. The van der Waals surface area contributed by atoms with E-state index in [1.54, 1.807) is 0 Å². The molecule has 0 fully saturated rings. The zero-order valence-corrected chi connectivity index (χ0v) is 17.7. The van der Waals surface area contributed by atoms with Crippen molar-refractivity contribution in [2.75, 3.05) is 0 Å². The highest BCUT2D eigenvalue weighted by molar-refractivity contribution is 5.84. The van der Waals surface area contributed by atoms with Crippen molar-refractivity contribution in [2.24, 2.45) is 7.05 Å². The summed E-state index contributed by atoms with van der Waals surface area (Å²) in [6.07, 6.45) is 18.6. The molecule has 146 valence electrons. The molecule has 1 aliphatic heterocycles. The lowest BCUT2D eigenvalue weighted by Gasteiger charge is -2.29. The lowest BCUT2D eigenvalue weighted by atomic mass is 9.73. The van der Waals surface area contributed by atoms with Gasteiger partial charge in [-0.2, -0.15) is 0 Å². The Labute approximate surface area is 172 Å². The van der Waals surface area contributed by atoms with Crippen molar-refractivity contribution in [3.05, 3.63) is 87.4 Å². The molecule has 1 atom stereocenters. The molecule has 3 aliphatic rings. The lowest BCUT2D eigenvalue weighted by Crippen LogP contribution is -2.28. The first kappa shape index (κ1) is 18.1. The van der Waals surface area contributed by atoms with Crippen molar-refractivity contribution in [3.63, 3.8) is 0 Å². The van der Waals surface area contributed by atoms with Crippen LogP contribution in [0.2, 0.25) is 0 Å². The Hall–Kier alpha value is -3.00. The first-order valence-corrected chi connectivity index (χ1v) is 10.4. The first-order valence-electron chi connectivity index (χ1n) is 10.4. The van der Waals surface area contributed by atoms with E-state index in [0.29, 0.717) is 0 Å². The molecule has 0 bridgehead atoms. The van der Waals surface area contributed by atoms with Gasteiger partial charge in [0.15, 0.2) is 0 Å². The Morgan fingerprint density at radius 3 is 2.55 bits per heavy atom. The third kappa shape index (κ3) is 2.12. The molecule has 0 amide bonds. The third-order valence-corrected chi connectivity index (χ3v) is 7.16. The van der Waals surface area contributed by atoms with Gasteiger partial charge in [-0.15, -0.1) is 0 Å². The summed E-state index contributed by atoms with van der Waals surface area (Å²) in [5, 5.41) is 2.34. The molecule has 0 aromatic carbocycles. The first-order chi connectivity index (χ1) is 13.9. The van der Waals surface area contributed by atoms with Crippen molar-refractivity contribution in [1.82, 2.24) is 9.13 Å². The quantitative estimate of drug-likeness (QED) is 0.736. The smallest absolute Gasteiger partial charge is 0.0491 e. The molecule has 29 heavy (non-hydrogen) atoms. The number of hydrogen-bond donors (Lipinski definition) is 0. The standard InChI is InChI=1S/C27H28N2/c1-7-22-23(8-2)29-18(4)21(20-13-11-15-27(22,5)26(20)29)16-25-17(3)19-12-9-10-14-24(19)28(25)6/h7-9,11-13,16H,1-3,10,14-15H2,4-6H3/b25-16+. The maximum atomic E-state index is 4.43.